The summed E-state index contributed by atoms with van der Waals surface area (Å²) in [6.45, 7) is 4.60. The molecule has 0 unspecified atom stereocenters. The predicted molar refractivity (Wildman–Crippen MR) is 81.9 cm³/mol. The van der Waals surface area contributed by atoms with E-state index in [0.29, 0.717) is 25.9 Å². The molecule has 22 heavy (non-hydrogen) atoms. The van der Waals surface area contributed by atoms with Crippen LogP contribution in [0.1, 0.15) is 49.9 Å². The van der Waals surface area contributed by atoms with Crippen LogP contribution in [0.25, 0.3) is 0 Å². The van der Waals surface area contributed by atoms with E-state index in [-0.39, 0.29) is 10.5 Å². The van der Waals surface area contributed by atoms with E-state index in [2.05, 4.69) is 0 Å². The largest absolute Gasteiger partial charge is 0.478 e. The second-order valence-electron chi connectivity index (χ2n) is 5.09. The summed E-state index contributed by atoms with van der Waals surface area (Å²) in [5.41, 5.74) is -0.371. The molecule has 1 rings (SSSR count). The number of rotatable bonds is 9. The van der Waals surface area contributed by atoms with Crippen molar-refractivity contribution in [1.29, 1.82) is 0 Å². The van der Waals surface area contributed by atoms with Crippen molar-refractivity contribution < 1.29 is 22.7 Å². The minimum Gasteiger partial charge on any atom is -0.478 e. The van der Waals surface area contributed by atoms with Crippen LogP contribution in [-0.4, -0.2) is 36.9 Å². The molecule has 0 bridgehead atoms. The standard InChI is InChI=1S/C15H22FNO4S/c1-3-5-7-17(8-6-4-2)22(20,21)14-10-12(15(18)19)9-13(16)11-14/h9-11H,3-8H2,1-2H3,(H,18,19). The fraction of sp³-hybridized carbons (Fsp3) is 0.533. The van der Waals surface area contributed by atoms with E-state index in [9.17, 15) is 17.6 Å². The zero-order valence-corrected chi connectivity index (χ0v) is 13.7. The maximum Gasteiger partial charge on any atom is 0.335 e. The predicted octanol–water partition coefficient (Wildman–Crippen LogP) is 3.11. The van der Waals surface area contributed by atoms with Crippen molar-refractivity contribution in [3.8, 4) is 0 Å². The number of carboxylic acid groups (broad SMARTS) is 1. The summed E-state index contributed by atoms with van der Waals surface area (Å²) < 4.78 is 40.1. The van der Waals surface area contributed by atoms with Gasteiger partial charge in [-0.15, -0.1) is 0 Å². The van der Waals surface area contributed by atoms with Crippen LogP contribution < -0.4 is 0 Å². The Hall–Kier alpha value is -1.47. The number of benzene rings is 1. The minimum absolute atomic E-state index is 0.308. The van der Waals surface area contributed by atoms with Crippen LogP contribution in [0.2, 0.25) is 0 Å². The summed E-state index contributed by atoms with van der Waals surface area (Å²) in [4.78, 5) is 10.7. The number of hydrogen-bond donors (Lipinski definition) is 1. The van der Waals surface area contributed by atoms with Gasteiger partial charge in [-0.3, -0.25) is 0 Å². The Morgan fingerprint density at radius 2 is 1.68 bits per heavy atom. The van der Waals surface area contributed by atoms with Gasteiger partial charge in [-0.2, -0.15) is 4.31 Å². The van der Waals surface area contributed by atoms with Crippen molar-refractivity contribution in [3.05, 3.63) is 29.6 Å². The van der Waals surface area contributed by atoms with Gasteiger partial charge in [0.25, 0.3) is 0 Å². The van der Waals surface area contributed by atoms with Crippen LogP contribution >= 0.6 is 0 Å². The van der Waals surface area contributed by atoms with E-state index in [4.69, 9.17) is 5.11 Å². The van der Waals surface area contributed by atoms with E-state index in [1.165, 1.54) is 4.31 Å². The highest BCUT2D eigenvalue weighted by Crippen LogP contribution is 2.20. The molecule has 0 saturated heterocycles. The van der Waals surface area contributed by atoms with Gasteiger partial charge in [-0.25, -0.2) is 17.6 Å². The quantitative estimate of drug-likeness (QED) is 0.754. The molecule has 0 heterocycles. The number of sulfonamides is 1. The number of hydrogen-bond acceptors (Lipinski definition) is 3. The fourth-order valence-corrected chi connectivity index (χ4v) is 3.58. The third-order valence-corrected chi connectivity index (χ3v) is 5.15. The lowest BCUT2D eigenvalue weighted by Crippen LogP contribution is -2.33. The van der Waals surface area contributed by atoms with E-state index in [0.717, 1.165) is 31.0 Å². The number of unbranched alkanes of at least 4 members (excludes halogenated alkanes) is 2. The van der Waals surface area contributed by atoms with Gasteiger partial charge in [0.15, 0.2) is 0 Å². The third-order valence-electron chi connectivity index (χ3n) is 3.28. The molecule has 0 aromatic heterocycles. The minimum atomic E-state index is -3.89. The van der Waals surface area contributed by atoms with E-state index < -0.39 is 21.8 Å². The molecule has 0 atom stereocenters. The Bertz CT molecular complexity index is 608. The van der Waals surface area contributed by atoms with Gasteiger partial charge in [0.1, 0.15) is 5.82 Å². The second-order valence-corrected chi connectivity index (χ2v) is 7.03. The van der Waals surface area contributed by atoms with Crippen molar-refractivity contribution in [2.75, 3.05) is 13.1 Å². The highest BCUT2D eigenvalue weighted by Gasteiger charge is 2.25. The lowest BCUT2D eigenvalue weighted by atomic mass is 10.2. The van der Waals surface area contributed by atoms with Gasteiger partial charge < -0.3 is 5.11 Å². The normalized spacial score (nSPS) is 11.8. The van der Waals surface area contributed by atoms with Gasteiger partial charge in [-0.05, 0) is 31.0 Å². The summed E-state index contributed by atoms with van der Waals surface area (Å²) in [6, 6.07) is 2.68. The molecule has 0 aliphatic carbocycles. The highest BCUT2D eigenvalue weighted by molar-refractivity contribution is 7.89. The van der Waals surface area contributed by atoms with Gasteiger partial charge in [0, 0.05) is 13.1 Å². The van der Waals surface area contributed by atoms with Gasteiger partial charge in [-0.1, -0.05) is 26.7 Å². The first-order chi connectivity index (χ1) is 10.3. The topological polar surface area (TPSA) is 74.7 Å². The van der Waals surface area contributed by atoms with Crippen molar-refractivity contribution in [3.63, 3.8) is 0 Å². The van der Waals surface area contributed by atoms with Crippen LogP contribution in [0.15, 0.2) is 23.1 Å². The number of carboxylic acids is 1. The number of nitrogens with zero attached hydrogens (tertiary/aromatic N) is 1. The summed E-state index contributed by atoms with van der Waals surface area (Å²) in [5.74, 6) is -2.23. The Kier molecular flexibility index (Phi) is 6.96. The van der Waals surface area contributed by atoms with Crippen molar-refractivity contribution in [1.82, 2.24) is 4.31 Å². The zero-order chi connectivity index (χ0) is 16.8. The first-order valence-corrected chi connectivity index (χ1v) is 8.81. The average Bonchev–Trinajstić information content (AvgIpc) is 2.46. The Morgan fingerprint density at radius 3 is 2.14 bits per heavy atom. The third kappa shape index (κ3) is 4.78. The second kappa shape index (κ2) is 8.24. The van der Waals surface area contributed by atoms with Crippen LogP contribution in [0, 0.1) is 5.82 Å². The van der Waals surface area contributed by atoms with Crippen LogP contribution in [-0.2, 0) is 10.0 Å². The van der Waals surface area contributed by atoms with E-state index >= 15 is 0 Å². The summed E-state index contributed by atoms with van der Waals surface area (Å²) in [7, 11) is -3.89. The van der Waals surface area contributed by atoms with Crippen molar-refractivity contribution in [2.24, 2.45) is 0 Å². The molecule has 0 amide bonds. The van der Waals surface area contributed by atoms with E-state index in [1.54, 1.807) is 0 Å². The molecule has 1 aromatic rings. The number of halogens is 1. The smallest absolute Gasteiger partial charge is 0.335 e. The molecule has 0 aliphatic heterocycles. The maximum atomic E-state index is 13.5. The van der Waals surface area contributed by atoms with Gasteiger partial charge >= 0.3 is 5.97 Å². The highest BCUT2D eigenvalue weighted by atomic mass is 32.2. The van der Waals surface area contributed by atoms with Crippen molar-refractivity contribution in [2.45, 2.75) is 44.4 Å². The van der Waals surface area contributed by atoms with Crippen LogP contribution in [0.5, 0.6) is 0 Å². The molecule has 7 heteroatoms. The number of aromatic carboxylic acids is 1. The summed E-state index contributed by atoms with van der Waals surface area (Å²) in [6.07, 6.45) is 3.07. The average molecular weight is 331 g/mol. The van der Waals surface area contributed by atoms with Crippen molar-refractivity contribution >= 4 is 16.0 Å². The molecule has 0 radical (unpaired) electrons. The molecular formula is C15H22FNO4S. The first-order valence-electron chi connectivity index (χ1n) is 7.37. The molecule has 0 saturated carbocycles. The monoisotopic (exact) mass is 331 g/mol. The molecule has 124 valence electrons. The van der Waals surface area contributed by atoms with Crippen LogP contribution in [0.4, 0.5) is 4.39 Å². The van der Waals surface area contributed by atoms with E-state index in [1.807, 2.05) is 13.8 Å². The molecule has 5 nitrogen and oxygen atoms in total. The lowest BCUT2D eigenvalue weighted by molar-refractivity contribution is 0.0696. The van der Waals surface area contributed by atoms with Gasteiger partial charge in [0.05, 0.1) is 10.5 Å². The molecule has 1 N–H and O–H groups in total. The Labute approximate surface area is 130 Å². The van der Waals surface area contributed by atoms with Crippen LogP contribution in [0.3, 0.4) is 0 Å². The molecule has 1 aromatic carbocycles. The molecule has 0 spiro atoms. The fourth-order valence-electron chi connectivity index (χ4n) is 2.01. The zero-order valence-electron chi connectivity index (χ0n) is 12.9. The maximum absolute atomic E-state index is 13.5. The molecule has 0 aliphatic rings. The number of carbonyl (C=O) groups is 1. The summed E-state index contributed by atoms with van der Waals surface area (Å²) >= 11 is 0. The lowest BCUT2D eigenvalue weighted by Gasteiger charge is -2.22. The first kappa shape index (κ1) is 18.6. The molecule has 0 fully saturated rings. The Balaban J connectivity index is 3.20. The molecular weight excluding hydrogens is 309 g/mol. The Morgan fingerprint density at radius 1 is 1.14 bits per heavy atom. The SMILES string of the molecule is CCCCN(CCCC)S(=O)(=O)c1cc(F)cc(C(=O)O)c1. The summed E-state index contributed by atoms with van der Waals surface area (Å²) in [5, 5.41) is 8.95. The van der Waals surface area contributed by atoms with Gasteiger partial charge in [0.2, 0.25) is 10.0 Å².